The minimum atomic E-state index is -0.627. The molecule has 2 rings (SSSR count). The zero-order valence-corrected chi connectivity index (χ0v) is 12.2. The number of halogens is 1. The summed E-state index contributed by atoms with van der Waals surface area (Å²) in [7, 11) is 0. The zero-order chi connectivity index (χ0) is 14.9. The van der Waals surface area contributed by atoms with E-state index in [1.54, 1.807) is 51.2 Å². The molecular weight excluding hydrogens is 280 g/mol. The zero-order valence-electron chi connectivity index (χ0n) is 11.4. The molecule has 0 saturated carbocycles. The standard InChI is InChI=1S/C14H15ClN2O3/c1-14(2,3)12(18)16-13(19)17-7-6-9-8-10(20-15)4-5-11(9)17/h4-8H,1-3H3,(H,16,18,19). The highest BCUT2D eigenvalue weighted by molar-refractivity contribution is 6.09. The van der Waals surface area contributed by atoms with Crippen molar-refractivity contribution in [2.75, 3.05) is 0 Å². The van der Waals surface area contributed by atoms with E-state index in [0.29, 0.717) is 11.3 Å². The third-order valence-electron chi connectivity index (χ3n) is 2.87. The smallest absolute Gasteiger partial charge is 0.332 e. The number of nitrogens with one attached hydrogen (secondary N) is 1. The lowest BCUT2D eigenvalue weighted by atomic mass is 9.96. The number of hydrogen-bond donors (Lipinski definition) is 1. The van der Waals surface area contributed by atoms with Crippen LogP contribution in [-0.4, -0.2) is 16.5 Å². The average Bonchev–Trinajstić information content (AvgIpc) is 2.80. The number of hydrogen-bond acceptors (Lipinski definition) is 3. The Morgan fingerprint density at radius 3 is 2.55 bits per heavy atom. The molecular formula is C14H15ClN2O3. The van der Waals surface area contributed by atoms with E-state index in [4.69, 9.17) is 11.9 Å². The molecule has 1 N–H and O–H groups in total. The van der Waals surface area contributed by atoms with Crippen molar-refractivity contribution >= 4 is 34.7 Å². The van der Waals surface area contributed by atoms with Crippen LogP contribution in [0.15, 0.2) is 30.5 Å². The number of carbonyl (C=O) groups is 2. The molecule has 0 aliphatic rings. The Morgan fingerprint density at radius 2 is 1.95 bits per heavy atom. The molecule has 20 heavy (non-hydrogen) atoms. The van der Waals surface area contributed by atoms with E-state index >= 15 is 0 Å². The van der Waals surface area contributed by atoms with Gasteiger partial charge in [-0.25, -0.2) is 4.79 Å². The van der Waals surface area contributed by atoms with E-state index in [1.807, 2.05) is 0 Å². The summed E-state index contributed by atoms with van der Waals surface area (Å²) in [6, 6.07) is 6.31. The van der Waals surface area contributed by atoms with Crippen LogP contribution >= 0.6 is 11.9 Å². The van der Waals surface area contributed by atoms with Gasteiger partial charge >= 0.3 is 6.03 Å². The Kier molecular flexibility index (Phi) is 3.72. The topological polar surface area (TPSA) is 60.3 Å². The molecule has 2 amide bonds. The molecule has 0 spiro atoms. The van der Waals surface area contributed by atoms with Crippen LogP contribution in [0.2, 0.25) is 0 Å². The molecule has 0 atom stereocenters. The highest BCUT2D eigenvalue weighted by Gasteiger charge is 2.24. The van der Waals surface area contributed by atoms with Gasteiger partial charge in [0, 0.05) is 17.0 Å². The fourth-order valence-electron chi connectivity index (χ4n) is 1.69. The maximum atomic E-state index is 12.1. The van der Waals surface area contributed by atoms with Gasteiger partial charge in [0.1, 0.15) is 17.6 Å². The lowest BCUT2D eigenvalue weighted by molar-refractivity contribution is -0.127. The molecule has 0 bridgehead atoms. The summed E-state index contributed by atoms with van der Waals surface area (Å²) in [5, 5.41) is 3.16. The number of benzene rings is 1. The second kappa shape index (κ2) is 5.17. The molecule has 0 aliphatic carbocycles. The number of nitrogens with zero attached hydrogens (tertiary/aromatic N) is 1. The Balaban J connectivity index is 2.29. The third kappa shape index (κ3) is 2.77. The molecule has 6 heteroatoms. The van der Waals surface area contributed by atoms with Crippen LogP contribution in [0.3, 0.4) is 0 Å². The number of carbonyl (C=O) groups excluding carboxylic acids is 2. The Morgan fingerprint density at radius 1 is 1.25 bits per heavy atom. The van der Waals surface area contributed by atoms with Crippen molar-refractivity contribution in [2.45, 2.75) is 20.8 Å². The van der Waals surface area contributed by atoms with Gasteiger partial charge in [0.05, 0.1) is 5.52 Å². The first kappa shape index (κ1) is 14.4. The van der Waals surface area contributed by atoms with E-state index in [9.17, 15) is 9.59 Å². The number of rotatable bonds is 1. The van der Waals surface area contributed by atoms with Crippen molar-refractivity contribution in [3.05, 3.63) is 30.5 Å². The molecule has 0 fully saturated rings. The number of aromatic nitrogens is 1. The maximum Gasteiger partial charge on any atom is 0.332 e. The molecule has 0 saturated heterocycles. The van der Waals surface area contributed by atoms with E-state index in [1.165, 1.54) is 4.57 Å². The second-order valence-electron chi connectivity index (χ2n) is 5.49. The van der Waals surface area contributed by atoms with Gasteiger partial charge in [0.2, 0.25) is 5.91 Å². The molecule has 0 radical (unpaired) electrons. The Bertz CT molecular complexity index is 671. The summed E-state index contributed by atoms with van der Waals surface area (Å²) in [5.74, 6) is 0.160. The van der Waals surface area contributed by atoms with Crippen LogP contribution < -0.4 is 9.61 Å². The molecule has 106 valence electrons. The monoisotopic (exact) mass is 294 g/mol. The van der Waals surface area contributed by atoms with E-state index in [-0.39, 0.29) is 5.91 Å². The average molecular weight is 295 g/mol. The van der Waals surface area contributed by atoms with E-state index < -0.39 is 11.4 Å². The highest BCUT2D eigenvalue weighted by atomic mass is 35.5. The first-order valence-electron chi connectivity index (χ1n) is 6.08. The van der Waals surface area contributed by atoms with Crippen LogP contribution in [0, 0.1) is 5.41 Å². The lowest BCUT2D eigenvalue weighted by Crippen LogP contribution is -2.40. The van der Waals surface area contributed by atoms with Gasteiger partial charge in [-0.3, -0.25) is 14.7 Å². The maximum absolute atomic E-state index is 12.1. The van der Waals surface area contributed by atoms with Crippen molar-refractivity contribution in [1.82, 2.24) is 9.88 Å². The van der Waals surface area contributed by atoms with Crippen LogP contribution in [0.4, 0.5) is 4.79 Å². The van der Waals surface area contributed by atoms with Gasteiger partial charge < -0.3 is 4.29 Å². The predicted octanol–water partition coefficient (Wildman–Crippen LogP) is 3.30. The summed E-state index contributed by atoms with van der Waals surface area (Å²) < 4.78 is 5.98. The minimum absolute atomic E-state index is 0.329. The van der Waals surface area contributed by atoms with Crippen LogP contribution in [0.1, 0.15) is 20.8 Å². The van der Waals surface area contributed by atoms with Gasteiger partial charge in [-0.1, -0.05) is 20.8 Å². The fourth-order valence-corrected chi connectivity index (χ4v) is 1.79. The molecule has 0 aliphatic heterocycles. The summed E-state index contributed by atoms with van der Waals surface area (Å²) >= 11 is 5.28. The van der Waals surface area contributed by atoms with Gasteiger partial charge in [0.25, 0.3) is 0 Å². The van der Waals surface area contributed by atoms with Crippen molar-refractivity contribution in [3.63, 3.8) is 0 Å². The Labute approximate surface area is 121 Å². The van der Waals surface area contributed by atoms with E-state index in [0.717, 1.165) is 5.39 Å². The summed E-state index contributed by atoms with van der Waals surface area (Å²) in [4.78, 5) is 23.9. The SMILES string of the molecule is CC(C)(C)C(=O)NC(=O)n1ccc2cc(OCl)ccc21. The van der Waals surface area contributed by atoms with Gasteiger partial charge in [-0.2, -0.15) is 0 Å². The van der Waals surface area contributed by atoms with Gasteiger partial charge in [0.15, 0.2) is 0 Å². The van der Waals surface area contributed by atoms with Crippen LogP contribution in [0.5, 0.6) is 5.75 Å². The molecule has 0 unspecified atom stereocenters. The lowest BCUT2D eigenvalue weighted by Gasteiger charge is -2.17. The molecule has 5 nitrogen and oxygen atoms in total. The summed E-state index contributed by atoms with van der Waals surface area (Å²) in [6.45, 7) is 5.23. The van der Waals surface area contributed by atoms with Crippen LogP contribution in [0.25, 0.3) is 10.9 Å². The number of fused-ring (bicyclic) bond motifs is 1. The number of amides is 2. The van der Waals surface area contributed by atoms with Crippen molar-refractivity contribution in [1.29, 1.82) is 0 Å². The van der Waals surface area contributed by atoms with Gasteiger partial charge in [-0.15, -0.1) is 0 Å². The molecule has 1 aromatic carbocycles. The molecule has 1 heterocycles. The summed E-state index contributed by atoms with van der Waals surface area (Å²) in [6.07, 6.45) is 1.59. The first-order chi connectivity index (χ1) is 9.32. The van der Waals surface area contributed by atoms with Crippen molar-refractivity contribution in [3.8, 4) is 5.75 Å². The Hall–Kier alpha value is -2.01. The molecule has 2 aromatic rings. The fraction of sp³-hybridized carbons (Fsp3) is 0.286. The quantitative estimate of drug-likeness (QED) is 0.878. The largest absolute Gasteiger partial charge is 0.386 e. The van der Waals surface area contributed by atoms with Crippen molar-refractivity contribution < 1.29 is 13.9 Å². The minimum Gasteiger partial charge on any atom is -0.386 e. The normalized spacial score (nSPS) is 11.4. The highest BCUT2D eigenvalue weighted by Crippen LogP contribution is 2.22. The van der Waals surface area contributed by atoms with E-state index in [2.05, 4.69) is 9.61 Å². The summed E-state index contributed by atoms with van der Waals surface area (Å²) in [5.41, 5.74) is 0.0415. The second-order valence-corrected chi connectivity index (χ2v) is 5.65. The van der Waals surface area contributed by atoms with Crippen molar-refractivity contribution in [2.24, 2.45) is 5.41 Å². The van der Waals surface area contributed by atoms with Gasteiger partial charge in [-0.05, 0) is 24.3 Å². The first-order valence-corrected chi connectivity index (χ1v) is 6.39. The number of imide groups is 1. The third-order valence-corrected chi connectivity index (χ3v) is 3.05. The van der Waals surface area contributed by atoms with Crippen LogP contribution in [-0.2, 0) is 4.79 Å². The predicted molar refractivity (Wildman–Crippen MR) is 76.8 cm³/mol. The molecule has 1 aromatic heterocycles.